The van der Waals surface area contributed by atoms with E-state index in [9.17, 15) is 14.7 Å². The number of amides is 1. The standard InChI is InChI=1S/C14H18N4O3/c19-13(17-16-12-3-1-2-6-15-12)8-18-9-4-5-11(18)10(7-9)14(20)21/h1-3,6,9-11H,4-5,7-8H2,(H,15,16)(H,17,19)(H,20,21). The second kappa shape index (κ2) is 5.69. The van der Waals surface area contributed by atoms with Gasteiger partial charge in [-0.2, -0.15) is 0 Å². The number of nitrogens with zero attached hydrogens (tertiary/aromatic N) is 2. The zero-order valence-corrected chi connectivity index (χ0v) is 11.5. The Bertz CT molecular complexity index is 536. The molecule has 1 aromatic rings. The van der Waals surface area contributed by atoms with E-state index in [1.165, 1.54) is 0 Å². The van der Waals surface area contributed by atoms with Crippen LogP contribution in [0.3, 0.4) is 0 Å². The number of carbonyl (C=O) groups excluding carboxylic acids is 1. The molecule has 3 heterocycles. The molecule has 7 heteroatoms. The van der Waals surface area contributed by atoms with Crippen molar-refractivity contribution in [3.8, 4) is 0 Å². The van der Waals surface area contributed by atoms with E-state index in [2.05, 4.69) is 15.8 Å². The average molecular weight is 290 g/mol. The number of carboxylic acids is 1. The van der Waals surface area contributed by atoms with Gasteiger partial charge in [-0.1, -0.05) is 6.07 Å². The van der Waals surface area contributed by atoms with Crippen LogP contribution < -0.4 is 10.9 Å². The summed E-state index contributed by atoms with van der Waals surface area (Å²) in [6.45, 7) is 0.221. The van der Waals surface area contributed by atoms with Gasteiger partial charge in [0.05, 0.1) is 12.5 Å². The van der Waals surface area contributed by atoms with E-state index in [4.69, 9.17) is 0 Å². The van der Waals surface area contributed by atoms with E-state index in [-0.39, 0.29) is 30.5 Å². The first-order chi connectivity index (χ1) is 10.1. The monoisotopic (exact) mass is 290 g/mol. The van der Waals surface area contributed by atoms with Crippen molar-refractivity contribution in [1.82, 2.24) is 15.3 Å². The van der Waals surface area contributed by atoms with E-state index in [0.717, 1.165) is 12.8 Å². The normalized spacial score (nSPS) is 27.5. The lowest BCUT2D eigenvalue weighted by molar-refractivity contribution is -0.143. The molecule has 0 spiro atoms. The number of fused-ring (bicyclic) bond motifs is 2. The Morgan fingerprint density at radius 2 is 2.24 bits per heavy atom. The Hall–Kier alpha value is -2.15. The second-order valence-corrected chi connectivity index (χ2v) is 5.54. The van der Waals surface area contributed by atoms with Gasteiger partial charge in [-0.25, -0.2) is 4.98 Å². The van der Waals surface area contributed by atoms with Crippen LogP contribution in [0.25, 0.3) is 0 Å². The van der Waals surface area contributed by atoms with Crippen LogP contribution in [0.4, 0.5) is 5.82 Å². The number of nitrogens with one attached hydrogen (secondary N) is 2. The maximum absolute atomic E-state index is 12.0. The fourth-order valence-corrected chi connectivity index (χ4v) is 3.39. The molecule has 3 rings (SSSR count). The first-order valence-electron chi connectivity index (χ1n) is 7.09. The molecule has 1 aromatic heterocycles. The van der Waals surface area contributed by atoms with Crippen LogP contribution in [0, 0.1) is 5.92 Å². The maximum Gasteiger partial charge on any atom is 0.308 e. The van der Waals surface area contributed by atoms with Crippen molar-refractivity contribution in [3.05, 3.63) is 24.4 Å². The molecule has 2 bridgehead atoms. The van der Waals surface area contributed by atoms with Crippen molar-refractivity contribution >= 4 is 17.7 Å². The molecule has 1 amide bonds. The molecule has 0 radical (unpaired) electrons. The lowest BCUT2D eigenvalue weighted by Gasteiger charge is -2.22. The topological polar surface area (TPSA) is 94.6 Å². The van der Waals surface area contributed by atoms with Crippen molar-refractivity contribution in [1.29, 1.82) is 0 Å². The Labute approximate surface area is 122 Å². The van der Waals surface area contributed by atoms with E-state index in [1.807, 2.05) is 11.0 Å². The van der Waals surface area contributed by atoms with Crippen LogP contribution in [-0.4, -0.2) is 45.5 Å². The molecule has 2 aliphatic heterocycles. The largest absolute Gasteiger partial charge is 0.481 e. The zero-order chi connectivity index (χ0) is 14.8. The fourth-order valence-electron chi connectivity index (χ4n) is 3.39. The predicted octanol–water partition coefficient (Wildman–Crippen LogP) is 0.462. The number of aliphatic carboxylic acids is 1. The molecule has 0 aromatic carbocycles. The van der Waals surface area contributed by atoms with E-state index >= 15 is 0 Å². The fraction of sp³-hybridized carbons (Fsp3) is 0.500. The molecule has 3 unspecified atom stereocenters. The number of hydrazine groups is 1. The third-order valence-electron chi connectivity index (χ3n) is 4.32. The Morgan fingerprint density at radius 1 is 1.38 bits per heavy atom. The van der Waals surface area contributed by atoms with Crippen molar-refractivity contribution in [2.24, 2.45) is 5.92 Å². The minimum absolute atomic E-state index is 0.00639. The van der Waals surface area contributed by atoms with Gasteiger partial charge in [0.1, 0.15) is 5.82 Å². The summed E-state index contributed by atoms with van der Waals surface area (Å²) in [6.07, 6.45) is 4.13. The lowest BCUT2D eigenvalue weighted by atomic mass is 9.89. The van der Waals surface area contributed by atoms with Crippen LogP contribution in [0.5, 0.6) is 0 Å². The minimum atomic E-state index is -0.751. The van der Waals surface area contributed by atoms with Crippen LogP contribution in [0.2, 0.25) is 0 Å². The van der Waals surface area contributed by atoms with E-state index in [0.29, 0.717) is 12.2 Å². The highest BCUT2D eigenvalue weighted by molar-refractivity contribution is 5.79. The predicted molar refractivity (Wildman–Crippen MR) is 75.3 cm³/mol. The molecule has 2 aliphatic rings. The molecule has 0 saturated carbocycles. The minimum Gasteiger partial charge on any atom is -0.481 e. The summed E-state index contributed by atoms with van der Waals surface area (Å²) >= 11 is 0. The summed E-state index contributed by atoms with van der Waals surface area (Å²) in [5.41, 5.74) is 5.35. The highest BCUT2D eigenvalue weighted by atomic mass is 16.4. The number of pyridine rings is 1. The number of hydrogen-bond acceptors (Lipinski definition) is 5. The maximum atomic E-state index is 12.0. The summed E-state index contributed by atoms with van der Waals surface area (Å²) < 4.78 is 0. The van der Waals surface area contributed by atoms with E-state index in [1.54, 1.807) is 18.3 Å². The number of hydrogen-bond donors (Lipinski definition) is 3. The molecule has 3 N–H and O–H groups in total. The molecular weight excluding hydrogens is 272 g/mol. The van der Waals surface area contributed by atoms with Gasteiger partial charge in [-0.05, 0) is 31.4 Å². The molecule has 2 fully saturated rings. The van der Waals surface area contributed by atoms with Gasteiger partial charge in [0, 0.05) is 18.3 Å². The average Bonchev–Trinajstić information content (AvgIpc) is 3.03. The molecular formula is C14H18N4O3. The number of aromatic nitrogens is 1. The lowest BCUT2D eigenvalue weighted by Crippen LogP contribution is -2.43. The van der Waals surface area contributed by atoms with Crippen molar-refractivity contribution < 1.29 is 14.7 Å². The highest BCUT2D eigenvalue weighted by Gasteiger charge is 2.49. The van der Waals surface area contributed by atoms with Gasteiger partial charge < -0.3 is 5.11 Å². The first-order valence-corrected chi connectivity index (χ1v) is 7.09. The number of rotatable bonds is 5. The van der Waals surface area contributed by atoms with Crippen LogP contribution in [0.1, 0.15) is 19.3 Å². The van der Waals surface area contributed by atoms with Crippen LogP contribution >= 0.6 is 0 Å². The summed E-state index contributed by atoms with van der Waals surface area (Å²) in [5.74, 6) is -0.693. The van der Waals surface area contributed by atoms with E-state index < -0.39 is 5.97 Å². The van der Waals surface area contributed by atoms with Gasteiger partial charge in [-0.3, -0.25) is 25.3 Å². The molecule has 3 atom stereocenters. The molecule has 0 aliphatic carbocycles. The summed E-state index contributed by atoms with van der Waals surface area (Å²) in [4.78, 5) is 29.2. The molecule has 21 heavy (non-hydrogen) atoms. The van der Waals surface area contributed by atoms with Gasteiger partial charge >= 0.3 is 5.97 Å². The van der Waals surface area contributed by atoms with Gasteiger partial charge in [0.15, 0.2) is 0 Å². The number of carboxylic acid groups (broad SMARTS) is 1. The van der Waals surface area contributed by atoms with Gasteiger partial charge in [-0.15, -0.1) is 0 Å². The molecule has 2 saturated heterocycles. The summed E-state index contributed by atoms with van der Waals surface area (Å²) in [6, 6.07) is 5.57. The molecule has 112 valence electrons. The zero-order valence-electron chi connectivity index (χ0n) is 11.5. The SMILES string of the molecule is O=C(CN1C2CCC1C(C(=O)O)C2)NNc1ccccn1. The second-order valence-electron chi connectivity index (χ2n) is 5.54. The third kappa shape index (κ3) is 2.82. The quantitative estimate of drug-likeness (QED) is 0.682. The smallest absolute Gasteiger partial charge is 0.308 e. The highest BCUT2D eigenvalue weighted by Crippen LogP contribution is 2.41. The van der Waals surface area contributed by atoms with Crippen molar-refractivity contribution in [3.63, 3.8) is 0 Å². The third-order valence-corrected chi connectivity index (χ3v) is 4.32. The number of anilines is 1. The first kappa shape index (κ1) is 13.8. The van der Waals surface area contributed by atoms with Gasteiger partial charge in [0.2, 0.25) is 0 Å². The van der Waals surface area contributed by atoms with Crippen molar-refractivity contribution in [2.75, 3.05) is 12.0 Å². The molecule has 7 nitrogen and oxygen atoms in total. The van der Waals surface area contributed by atoms with Crippen LogP contribution in [0.15, 0.2) is 24.4 Å². The van der Waals surface area contributed by atoms with Crippen molar-refractivity contribution in [2.45, 2.75) is 31.3 Å². The number of carbonyl (C=O) groups is 2. The van der Waals surface area contributed by atoms with Gasteiger partial charge in [0.25, 0.3) is 5.91 Å². The Kier molecular flexibility index (Phi) is 3.74. The Balaban J connectivity index is 1.53. The summed E-state index contributed by atoms with van der Waals surface area (Å²) in [7, 11) is 0. The summed E-state index contributed by atoms with van der Waals surface area (Å²) in [5, 5.41) is 9.19. The van der Waals surface area contributed by atoms with Crippen LogP contribution in [-0.2, 0) is 9.59 Å². The Morgan fingerprint density at radius 3 is 2.90 bits per heavy atom.